The predicted octanol–water partition coefficient (Wildman–Crippen LogP) is 4.00. The summed E-state index contributed by atoms with van der Waals surface area (Å²) in [5.74, 6) is -0.0473. The molecule has 1 fully saturated rings. The number of carbonyl (C=O) groups excluding carboxylic acids is 1. The number of morpholine rings is 1. The van der Waals surface area contributed by atoms with Crippen molar-refractivity contribution in [3.05, 3.63) is 69.7 Å². The highest BCUT2D eigenvalue weighted by atomic mass is 35.5. The number of benzene rings is 2. The van der Waals surface area contributed by atoms with Gasteiger partial charge in [-0.05, 0) is 17.7 Å². The minimum Gasteiger partial charge on any atom is -0.379 e. The van der Waals surface area contributed by atoms with E-state index in [4.69, 9.17) is 27.9 Å². The minimum atomic E-state index is -0.242. The second-order valence-corrected chi connectivity index (χ2v) is 7.71. The summed E-state index contributed by atoms with van der Waals surface area (Å²) < 4.78 is 5.37. The highest BCUT2D eigenvalue weighted by molar-refractivity contribution is 6.34. The third-order valence-corrected chi connectivity index (χ3v) is 5.75. The van der Waals surface area contributed by atoms with E-state index >= 15 is 0 Å². The van der Waals surface area contributed by atoms with Gasteiger partial charge in [0.25, 0.3) is 5.91 Å². The molecule has 0 aliphatic carbocycles. The molecule has 2 aliphatic heterocycles. The van der Waals surface area contributed by atoms with Crippen LogP contribution in [0.5, 0.6) is 0 Å². The summed E-state index contributed by atoms with van der Waals surface area (Å²) >= 11 is 12.8. The maximum atomic E-state index is 13.1. The summed E-state index contributed by atoms with van der Waals surface area (Å²) in [7, 11) is 0. The van der Waals surface area contributed by atoms with Gasteiger partial charge in [-0.2, -0.15) is 5.10 Å². The summed E-state index contributed by atoms with van der Waals surface area (Å²) in [6.45, 7) is 3.10. The van der Waals surface area contributed by atoms with E-state index < -0.39 is 0 Å². The maximum Gasteiger partial charge on any atom is 0.257 e. The molecule has 0 unspecified atom stereocenters. The van der Waals surface area contributed by atoms with Gasteiger partial charge in [0.15, 0.2) is 0 Å². The summed E-state index contributed by atoms with van der Waals surface area (Å²) in [5, 5.41) is 7.52. The molecule has 7 heteroatoms. The van der Waals surface area contributed by atoms with Crippen molar-refractivity contribution in [1.82, 2.24) is 9.91 Å². The van der Waals surface area contributed by atoms with Gasteiger partial charge < -0.3 is 4.74 Å². The average molecular weight is 418 g/mol. The second kappa shape index (κ2) is 8.62. The Morgan fingerprint density at radius 1 is 1.04 bits per heavy atom. The molecule has 0 radical (unpaired) electrons. The fraction of sp³-hybridized carbons (Fsp3) is 0.333. The van der Waals surface area contributed by atoms with E-state index in [1.54, 1.807) is 5.01 Å². The van der Waals surface area contributed by atoms with E-state index in [-0.39, 0.29) is 11.9 Å². The van der Waals surface area contributed by atoms with E-state index in [0.717, 1.165) is 29.9 Å². The molecule has 1 amide bonds. The van der Waals surface area contributed by atoms with E-state index in [1.165, 1.54) is 0 Å². The van der Waals surface area contributed by atoms with Gasteiger partial charge in [-0.1, -0.05) is 59.6 Å². The van der Waals surface area contributed by atoms with Crippen LogP contribution in [0.3, 0.4) is 0 Å². The summed E-state index contributed by atoms with van der Waals surface area (Å²) in [6.07, 6.45) is 0.572. The Bertz CT molecular complexity index is 897. The molecule has 2 aromatic rings. The smallest absolute Gasteiger partial charge is 0.257 e. The first kappa shape index (κ1) is 19.4. The lowest BCUT2D eigenvalue weighted by molar-refractivity contribution is -0.135. The molecule has 2 aliphatic rings. The van der Waals surface area contributed by atoms with Crippen LogP contribution < -0.4 is 0 Å². The Labute approximate surface area is 174 Å². The molecule has 4 rings (SSSR count). The van der Waals surface area contributed by atoms with Crippen molar-refractivity contribution in [2.24, 2.45) is 5.10 Å². The summed E-state index contributed by atoms with van der Waals surface area (Å²) in [5.41, 5.74) is 2.54. The predicted molar refractivity (Wildman–Crippen MR) is 111 cm³/mol. The van der Waals surface area contributed by atoms with Crippen LogP contribution >= 0.6 is 23.2 Å². The first-order valence-electron chi connectivity index (χ1n) is 9.32. The van der Waals surface area contributed by atoms with Gasteiger partial charge in [0.05, 0.1) is 31.5 Å². The molecule has 0 spiro atoms. The van der Waals surface area contributed by atoms with Crippen molar-refractivity contribution < 1.29 is 9.53 Å². The van der Waals surface area contributed by atoms with E-state index in [1.807, 2.05) is 48.5 Å². The van der Waals surface area contributed by atoms with E-state index in [2.05, 4.69) is 10.0 Å². The maximum absolute atomic E-state index is 13.1. The number of ether oxygens (including phenoxy) is 1. The lowest BCUT2D eigenvalue weighted by Crippen LogP contribution is -2.43. The Balaban J connectivity index is 1.64. The highest BCUT2D eigenvalue weighted by Gasteiger charge is 2.35. The van der Waals surface area contributed by atoms with E-state index in [0.29, 0.717) is 36.2 Å². The van der Waals surface area contributed by atoms with Gasteiger partial charge in [-0.15, -0.1) is 0 Å². The van der Waals surface area contributed by atoms with Crippen molar-refractivity contribution >= 4 is 34.8 Å². The third kappa shape index (κ3) is 4.08. The molecule has 0 aromatic heterocycles. The summed E-state index contributed by atoms with van der Waals surface area (Å²) in [4.78, 5) is 15.2. The molecule has 146 valence electrons. The largest absolute Gasteiger partial charge is 0.379 e. The fourth-order valence-corrected chi connectivity index (χ4v) is 4.12. The molecule has 2 heterocycles. The van der Waals surface area contributed by atoms with Gasteiger partial charge >= 0.3 is 0 Å². The average Bonchev–Trinajstić information content (AvgIpc) is 3.14. The number of carbonyl (C=O) groups is 1. The molecule has 0 bridgehead atoms. The van der Waals surface area contributed by atoms with Crippen LogP contribution in [0.25, 0.3) is 0 Å². The topological polar surface area (TPSA) is 45.1 Å². The summed E-state index contributed by atoms with van der Waals surface area (Å²) in [6, 6.07) is 14.9. The lowest BCUT2D eigenvalue weighted by atomic mass is 9.98. The molecule has 5 nitrogen and oxygen atoms in total. The Morgan fingerprint density at radius 3 is 2.43 bits per heavy atom. The lowest BCUT2D eigenvalue weighted by Gasteiger charge is -2.29. The van der Waals surface area contributed by atoms with Crippen LogP contribution in [0.2, 0.25) is 10.0 Å². The molecule has 1 atom stereocenters. The van der Waals surface area contributed by atoms with Crippen LogP contribution in [0.4, 0.5) is 0 Å². The molecule has 0 saturated carbocycles. The van der Waals surface area contributed by atoms with Gasteiger partial charge in [-0.25, -0.2) is 5.01 Å². The Kier molecular flexibility index (Phi) is 5.97. The number of amides is 1. The van der Waals surface area contributed by atoms with Crippen LogP contribution in [-0.4, -0.2) is 54.4 Å². The van der Waals surface area contributed by atoms with Crippen molar-refractivity contribution in [2.75, 3.05) is 32.8 Å². The van der Waals surface area contributed by atoms with Crippen LogP contribution in [0.15, 0.2) is 53.6 Å². The zero-order valence-corrected chi connectivity index (χ0v) is 16.9. The molecule has 28 heavy (non-hydrogen) atoms. The van der Waals surface area contributed by atoms with Gasteiger partial charge in [0, 0.05) is 35.1 Å². The van der Waals surface area contributed by atoms with Crippen LogP contribution in [-0.2, 0) is 9.53 Å². The quantitative estimate of drug-likeness (QED) is 0.754. The molecule has 1 saturated heterocycles. The molecule has 0 N–H and O–H groups in total. The minimum absolute atomic E-state index is 0.0473. The molecular formula is C21H21Cl2N3O2. The van der Waals surface area contributed by atoms with Crippen molar-refractivity contribution in [3.8, 4) is 0 Å². The van der Waals surface area contributed by atoms with Crippen molar-refractivity contribution in [1.29, 1.82) is 0 Å². The van der Waals surface area contributed by atoms with Crippen LogP contribution in [0, 0.1) is 0 Å². The number of hydrogen-bond donors (Lipinski definition) is 0. The molecular weight excluding hydrogens is 397 g/mol. The zero-order chi connectivity index (χ0) is 19.5. The number of rotatable bonds is 4. The number of halogens is 2. The Hall–Kier alpha value is -1.92. The van der Waals surface area contributed by atoms with Gasteiger partial charge in [0.1, 0.15) is 0 Å². The molecule has 2 aromatic carbocycles. The third-order valence-electron chi connectivity index (χ3n) is 5.08. The zero-order valence-electron chi connectivity index (χ0n) is 15.4. The first-order valence-corrected chi connectivity index (χ1v) is 10.1. The Morgan fingerprint density at radius 2 is 1.71 bits per heavy atom. The first-order chi connectivity index (χ1) is 13.6. The number of hydrazone groups is 1. The van der Waals surface area contributed by atoms with Crippen molar-refractivity contribution in [2.45, 2.75) is 12.5 Å². The van der Waals surface area contributed by atoms with Gasteiger partial charge in [-0.3, -0.25) is 9.69 Å². The number of hydrogen-bond acceptors (Lipinski definition) is 4. The second-order valence-electron chi connectivity index (χ2n) is 6.89. The van der Waals surface area contributed by atoms with E-state index in [9.17, 15) is 4.79 Å². The monoisotopic (exact) mass is 417 g/mol. The van der Waals surface area contributed by atoms with Crippen LogP contribution in [0.1, 0.15) is 23.6 Å². The number of nitrogens with zero attached hydrogens (tertiary/aromatic N) is 3. The highest BCUT2D eigenvalue weighted by Crippen LogP contribution is 2.37. The van der Waals surface area contributed by atoms with Gasteiger partial charge in [0.2, 0.25) is 0 Å². The standard InChI is InChI=1S/C21H21Cl2N3O2/c22-17-7-3-1-5-15(17)19-13-20(16-6-2-4-8-18(16)23)26(24-19)21(27)14-25-9-11-28-12-10-25/h1-8,20H,9-14H2/t20-/m1/s1. The SMILES string of the molecule is O=C(CN1CCOCC1)N1N=C(c2ccccc2Cl)C[C@@H]1c1ccccc1Cl. The fourth-order valence-electron chi connectivity index (χ4n) is 3.61. The van der Waals surface area contributed by atoms with Crippen molar-refractivity contribution in [3.63, 3.8) is 0 Å². The normalized spacial score (nSPS) is 20.3.